The molecule has 6 nitrogen and oxygen atoms in total. The largest absolute Gasteiger partial charge is 0.492 e. The lowest BCUT2D eigenvalue weighted by molar-refractivity contribution is 0.0115. The fourth-order valence-corrected chi connectivity index (χ4v) is 4.80. The van der Waals surface area contributed by atoms with Gasteiger partial charge in [0.05, 0.1) is 17.8 Å². The van der Waals surface area contributed by atoms with Crippen molar-refractivity contribution < 1.29 is 23.8 Å². The number of aliphatic hydroxyl groups excluding tert-OH is 1. The monoisotopic (exact) mass is 452 g/mol. The van der Waals surface area contributed by atoms with E-state index in [2.05, 4.69) is 4.90 Å². The number of benzene rings is 2. The first kappa shape index (κ1) is 21.9. The maximum absolute atomic E-state index is 14.2. The third-order valence-corrected chi connectivity index (χ3v) is 6.69. The summed E-state index contributed by atoms with van der Waals surface area (Å²) in [5.74, 6) is 1.97. The standard InChI is InChI=1S/C26H29FN2O4/c27-23-3-1-2-4-24(23)29-11-9-26(31,10-12-29)20-5-8-25-19(15-20)16-28(13-14-32-25)17-21-6-7-22(18-30)33-21/h1-8,15,30-31H,9-14,16-18H2. The number of ether oxygens (including phenoxy) is 1. The van der Waals surface area contributed by atoms with Gasteiger partial charge >= 0.3 is 0 Å². The van der Waals surface area contributed by atoms with E-state index in [-0.39, 0.29) is 12.4 Å². The van der Waals surface area contributed by atoms with Gasteiger partial charge in [0.25, 0.3) is 0 Å². The lowest BCUT2D eigenvalue weighted by atomic mass is 9.83. The summed E-state index contributed by atoms with van der Waals surface area (Å²) in [5, 5.41) is 20.7. The zero-order valence-electron chi connectivity index (χ0n) is 18.5. The first-order chi connectivity index (χ1) is 16.0. The van der Waals surface area contributed by atoms with Crippen molar-refractivity contribution in [1.29, 1.82) is 0 Å². The third kappa shape index (κ3) is 4.62. The molecule has 0 saturated carbocycles. The molecule has 0 radical (unpaired) electrons. The molecule has 2 N–H and O–H groups in total. The Morgan fingerprint density at radius 2 is 1.76 bits per heavy atom. The van der Waals surface area contributed by atoms with Crippen LogP contribution in [0.3, 0.4) is 0 Å². The quantitative estimate of drug-likeness (QED) is 0.614. The van der Waals surface area contributed by atoms with Crippen molar-refractivity contribution in [2.45, 2.75) is 38.1 Å². The van der Waals surface area contributed by atoms with Crippen molar-refractivity contribution in [2.75, 3.05) is 31.1 Å². The second-order valence-electron chi connectivity index (χ2n) is 8.88. The average molecular weight is 453 g/mol. The fraction of sp³-hybridized carbons (Fsp3) is 0.385. The maximum atomic E-state index is 14.2. The number of nitrogens with zero attached hydrogens (tertiary/aromatic N) is 2. The fourth-order valence-electron chi connectivity index (χ4n) is 4.80. The van der Waals surface area contributed by atoms with E-state index < -0.39 is 5.60 Å². The lowest BCUT2D eigenvalue weighted by Gasteiger charge is -2.40. The smallest absolute Gasteiger partial charge is 0.146 e. The predicted octanol–water partition coefficient (Wildman–Crippen LogP) is 3.79. The number of aliphatic hydroxyl groups is 2. The number of rotatable bonds is 5. The molecule has 33 heavy (non-hydrogen) atoms. The SMILES string of the molecule is OCc1ccc(CN2CCOc3ccc(C4(O)CCN(c5ccccc5F)CC4)cc3C2)o1. The normalized spacial score (nSPS) is 18.5. The molecule has 1 saturated heterocycles. The molecule has 3 aromatic rings. The van der Waals surface area contributed by atoms with Gasteiger partial charge in [0.2, 0.25) is 0 Å². The van der Waals surface area contributed by atoms with E-state index >= 15 is 0 Å². The number of para-hydroxylation sites is 1. The van der Waals surface area contributed by atoms with Gasteiger partial charge < -0.3 is 24.3 Å². The van der Waals surface area contributed by atoms with Crippen LogP contribution in [-0.2, 0) is 25.3 Å². The van der Waals surface area contributed by atoms with E-state index in [9.17, 15) is 14.6 Å². The summed E-state index contributed by atoms with van der Waals surface area (Å²) in [7, 11) is 0. The third-order valence-electron chi connectivity index (χ3n) is 6.69. The van der Waals surface area contributed by atoms with E-state index in [1.807, 2.05) is 35.2 Å². The van der Waals surface area contributed by atoms with E-state index in [4.69, 9.17) is 9.15 Å². The molecule has 2 aliphatic heterocycles. The molecule has 1 fully saturated rings. The Hall–Kier alpha value is -2.87. The summed E-state index contributed by atoms with van der Waals surface area (Å²) in [6.45, 7) is 3.68. The molecule has 1 aromatic heterocycles. The molecule has 2 aromatic carbocycles. The van der Waals surface area contributed by atoms with Crippen molar-refractivity contribution in [3.63, 3.8) is 0 Å². The molecule has 7 heteroatoms. The van der Waals surface area contributed by atoms with Crippen LogP contribution in [0.4, 0.5) is 10.1 Å². The minimum absolute atomic E-state index is 0.109. The van der Waals surface area contributed by atoms with Crippen molar-refractivity contribution >= 4 is 5.69 Å². The molecule has 3 heterocycles. The summed E-state index contributed by atoms with van der Waals surface area (Å²) >= 11 is 0. The number of piperidine rings is 1. The Balaban J connectivity index is 1.30. The highest BCUT2D eigenvalue weighted by Crippen LogP contribution is 2.37. The topological polar surface area (TPSA) is 69.3 Å². The van der Waals surface area contributed by atoms with Gasteiger partial charge in [-0.1, -0.05) is 18.2 Å². The Morgan fingerprint density at radius 3 is 2.52 bits per heavy atom. The lowest BCUT2D eigenvalue weighted by Crippen LogP contribution is -2.43. The highest BCUT2D eigenvalue weighted by molar-refractivity contribution is 5.49. The summed E-state index contributed by atoms with van der Waals surface area (Å²) in [4.78, 5) is 4.24. The van der Waals surface area contributed by atoms with Gasteiger partial charge in [-0.15, -0.1) is 0 Å². The van der Waals surface area contributed by atoms with Gasteiger partial charge in [-0.2, -0.15) is 0 Å². The van der Waals surface area contributed by atoms with Crippen LogP contribution in [0.1, 0.15) is 35.5 Å². The Kier molecular flexibility index (Phi) is 6.10. The van der Waals surface area contributed by atoms with Crippen molar-refractivity contribution in [2.24, 2.45) is 0 Å². The number of anilines is 1. The molecule has 5 rings (SSSR count). The van der Waals surface area contributed by atoms with E-state index in [0.717, 1.165) is 29.2 Å². The van der Waals surface area contributed by atoms with Crippen LogP contribution in [0.2, 0.25) is 0 Å². The molecular weight excluding hydrogens is 423 g/mol. The maximum Gasteiger partial charge on any atom is 0.146 e. The molecule has 0 bridgehead atoms. The van der Waals surface area contributed by atoms with Crippen molar-refractivity contribution in [1.82, 2.24) is 4.90 Å². The van der Waals surface area contributed by atoms with Crippen LogP contribution in [0.15, 0.2) is 59.0 Å². The average Bonchev–Trinajstić information content (AvgIpc) is 3.18. The van der Waals surface area contributed by atoms with Crippen LogP contribution >= 0.6 is 0 Å². The summed E-state index contributed by atoms with van der Waals surface area (Å²) in [6, 6.07) is 16.4. The van der Waals surface area contributed by atoms with Crippen LogP contribution in [0.5, 0.6) is 5.75 Å². The van der Waals surface area contributed by atoms with Gasteiger partial charge in [0, 0.05) is 31.7 Å². The molecule has 0 unspecified atom stereocenters. The molecule has 0 amide bonds. The molecular formula is C26H29FN2O4. The highest BCUT2D eigenvalue weighted by Gasteiger charge is 2.35. The van der Waals surface area contributed by atoms with E-state index in [1.165, 1.54) is 6.07 Å². The Labute approximate surface area is 192 Å². The highest BCUT2D eigenvalue weighted by atomic mass is 19.1. The summed E-state index contributed by atoms with van der Waals surface area (Å²) in [5.41, 5.74) is 1.54. The number of hydrogen-bond donors (Lipinski definition) is 2. The first-order valence-electron chi connectivity index (χ1n) is 11.4. The van der Waals surface area contributed by atoms with Gasteiger partial charge in [-0.05, 0) is 54.8 Å². The van der Waals surface area contributed by atoms with Crippen LogP contribution in [-0.4, -0.2) is 41.4 Å². The Morgan fingerprint density at radius 1 is 0.970 bits per heavy atom. The zero-order valence-corrected chi connectivity index (χ0v) is 18.5. The molecule has 0 atom stereocenters. The second kappa shape index (κ2) is 9.17. The number of furan rings is 1. The molecule has 2 aliphatic rings. The Bertz CT molecular complexity index is 1110. The van der Waals surface area contributed by atoms with E-state index in [0.29, 0.717) is 57.1 Å². The molecule has 0 spiro atoms. The minimum atomic E-state index is -0.953. The van der Waals surface area contributed by atoms with Crippen molar-refractivity contribution in [3.05, 3.63) is 83.1 Å². The first-order valence-corrected chi connectivity index (χ1v) is 11.4. The van der Waals surface area contributed by atoms with Crippen LogP contribution in [0.25, 0.3) is 0 Å². The van der Waals surface area contributed by atoms with Gasteiger partial charge in [0.15, 0.2) is 0 Å². The number of hydrogen-bond acceptors (Lipinski definition) is 6. The molecule has 174 valence electrons. The molecule has 0 aliphatic carbocycles. The van der Waals surface area contributed by atoms with Gasteiger partial charge in [-0.3, -0.25) is 4.90 Å². The zero-order chi connectivity index (χ0) is 22.8. The van der Waals surface area contributed by atoms with E-state index in [1.54, 1.807) is 18.2 Å². The minimum Gasteiger partial charge on any atom is -0.492 e. The summed E-state index contributed by atoms with van der Waals surface area (Å²) in [6.07, 6.45) is 1.06. The van der Waals surface area contributed by atoms with Gasteiger partial charge in [0.1, 0.15) is 36.3 Å². The number of halogens is 1. The number of fused-ring (bicyclic) bond motifs is 1. The summed E-state index contributed by atoms with van der Waals surface area (Å²) < 4.78 is 25.8. The van der Waals surface area contributed by atoms with Crippen LogP contribution < -0.4 is 9.64 Å². The van der Waals surface area contributed by atoms with Crippen molar-refractivity contribution in [3.8, 4) is 5.75 Å². The van der Waals surface area contributed by atoms with Gasteiger partial charge in [-0.25, -0.2) is 4.39 Å². The second-order valence-corrected chi connectivity index (χ2v) is 8.88. The van der Waals surface area contributed by atoms with Crippen LogP contribution in [0, 0.1) is 5.82 Å². The predicted molar refractivity (Wildman–Crippen MR) is 122 cm³/mol.